The second-order valence-corrected chi connectivity index (χ2v) is 3.60. The van der Waals surface area contributed by atoms with Crippen LogP contribution in [0, 0.1) is 0 Å². The molecular formula is C10H16N2O2. The molecule has 14 heavy (non-hydrogen) atoms. The van der Waals surface area contributed by atoms with Crippen molar-refractivity contribution in [3.05, 3.63) is 24.2 Å². The van der Waals surface area contributed by atoms with Crippen molar-refractivity contribution in [2.45, 2.75) is 32.4 Å². The predicted octanol–water partition coefficient (Wildman–Crippen LogP) is 1.14. The maximum Gasteiger partial charge on any atom is 0.254 e. The Morgan fingerprint density at radius 1 is 1.64 bits per heavy atom. The average molecular weight is 196 g/mol. The lowest BCUT2D eigenvalue weighted by Crippen LogP contribution is -2.36. The summed E-state index contributed by atoms with van der Waals surface area (Å²) in [5.74, 6) is -0.119. The summed E-state index contributed by atoms with van der Waals surface area (Å²) < 4.78 is 4.81. The number of carbonyl (C=O) groups excluding carboxylic acids is 1. The van der Waals surface area contributed by atoms with Crippen molar-refractivity contribution < 1.29 is 9.21 Å². The van der Waals surface area contributed by atoms with E-state index in [1.54, 1.807) is 6.07 Å². The number of nitrogens with one attached hydrogen (secondary N) is 1. The molecule has 1 heterocycles. The highest BCUT2D eigenvalue weighted by molar-refractivity contribution is 5.93. The number of rotatable bonds is 4. The van der Waals surface area contributed by atoms with Crippen LogP contribution in [-0.4, -0.2) is 18.0 Å². The number of amides is 1. The van der Waals surface area contributed by atoms with Gasteiger partial charge in [-0.15, -0.1) is 0 Å². The number of furan rings is 1. The Morgan fingerprint density at radius 3 is 2.86 bits per heavy atom. The third-order valence-electron chi connectivity index (χ3n) is 1.89. The van der Waals surface area contributed by atoms with Gasteiger partial charge >= 0.3 is 0 Å². The third-order valence-corrected chi connectivity index (χ3v) is 1.89. The van der Waals surface area contributed by atoms with Crippen LogP contribution in [0.5, 0.6) is 0 Å². The molecule has 4 heteroatoms. The molecule has 4 nitrogen and oxygen atoms in total. The van der Waals surface area contributed by atoms with E-state index in [1.165, 1.54) is 12.5 Å². The largest absolute Gasteiger partial charge is 0.472 e. The van der Waals surface area contributed by atoms with Crippen LogP contribution in [0.4, 0.5) is 0 Å². The Morgan fingerprint density at radius 2 is 2.36 bits per heavy atom. The zero-order chi connectivity index (χ0) is 10.6. The smallest absolute Gasteiger partial charge is 0.254 e. The monoisotopic (exact) mass is 196 g/mol. The first-order valence-electron chi connectivity index (χ1n) is 4.68. The summed E-state index contributed by atoms with van der Waals surface area (Å²) in [5.41, 5.74) is 6.16. The van der Waals surface area contributed by atoms with Crippen LogP contribution >= 0.6 is 0 Å². The van der Waals surface area contributed by atoms with Crippen molar-refractivity contribution in [3.8, 4) is 0 Å². The van der Waals surface area contributed by atoms with E-state index in [1.807, 2.05) is 13.8 Å². The van der Waals surface area contributed by atoms with E-state index in [2.05, 4.69) is 5.32 Å². The molecule has 0 saturated carbocycles. The quantitative estimate of drug-likeness (QED) is 0.758. The molecule has 1 rings (SSSR count). The Labute approximate surface area is 83.5 Å². The van der Waals surface area contributed by atoms with Gasteiger partial charge in [0.2, 0.25) is 0 Å². The SMILES string of the molecule is CC(N)CC(C)NC(=O)c1ccoc1. The highest BCUT2D eigenvalue weighted by atomic mass is 16.3. The molecule has 2 atom stereocenters. The van der Waals surface area contributed by atoms with Crippen LogP contribution in [0.1, 0.15) is 30.6 Å². The number of hydrogen-bond acceptors (Lipinski definition) is 3. The number of hydrogen-bond donors (Lipinski definition) is 2. The van der Waals surface area contributed by atoms with Crippen LogP contribution in [0.15, 0.2) is 23.0 Å². The molecule has 0 fully saturated rings. The fourth-order valence-corrected chi connectivity index (χ4v) is 1.32. The maximum atomic E-state index is 11.5. The molecule has 1 aromatic rings. The lowest BCUT2D eigenvalue weighted by molar-refractivity contribution is 0.0937. The van der Waals surface area contributed by atoms with Gasteiger partial charge in [-0.25, -0.2) is 0 Å². The molecule has 78 valence electrons. The third kappa shape index (κ3) is 3.22. The van der Waals surface area contributed by atoms with Crippen molar-refractivity contribution in [3.63, 3.8) is 0 Å². The van der Waals surface area contributed by atoms with Gasteiger partial charge in [0.15, 0.2) is 0 Å². The Balaban J connectivity index is 2.41. The highest BCUT2D eigenvalue weighted by Crippen LogP contribution is 2.01. The van der Waals surface area contributed by atoms with Crippen LogP contribution < -0.4 is 11.1 Å². The second kappa shape index (κ2) is 4.81. The first-order chi connectivity index (χ1) is 6.59. The summed E-state index contributed by atoms with van der Waals surface area (Å²) in [5, 5.41) is 2.83. The van der Waals surface area contributed by atoms with Crippen LogP contribution in [0.2, 0.25) is 0 Å². The van der Waals surface area contributed by atoms with E-state index < -0.39 is 0 Å². The van der Waals surface area contributed by atoms with Gasteiger partial charge in [0.1, 0.15) is 6.26 Å². The topological polar surface area (TPSA) is 68.3 Å². The highest BCUT2D eigenvalue weighted by Gasteiger charge is 2.11. The minimum Gasteiger partial charge on any atom is -0.472 e. The Bertz CT molecular complexity index is 280. The van der Waals surface area contributed by atoms with Gasteiger partial charge in [-0.1, -0.05) is 0 Å². The molecule has 1 amide bonds. The van der Waals surface area contributed by atoms with Gasteiger partial charge in [0.05, 0.1) is 11.8 Å². The van der Waals surface area contributed by atoms with Crippen molar-refractivity contribution in [1.29, 1.82) is 0 Å². The van der Waals surface area contributed by atoms with Crippen LogP contribution in [0.3, 0.4) is 0 Å². The minimum atomic E-state index is -0.119. The molecule has 2 unspecified atom stereocenters. The Hall–Kier alpha value is -1.29. The first kappa shape index (κ1) is 10.8. The zero-order valence-electron chi connectivity index (χ0n) is 8.49. The van der Waals surface area contributed by atoms with Crippen molar-refractivity contribution in [2.24, 2.45) is 5.73 Å². The summed E-state index contributed by atoms with van der Waals surface area (Å²) in [6.45, 7) is 3.85. The van der Waals surface area contributed by atoms with Crippen LogP contribution in [-0.2, 0) is 0 Å². The molecule has 0 saturated heterocycles. The van der Waals surface area contributed by atoms with Gasteiger partial charge < -0.3 is 15.5 Å². The average Bonchev–Trinajstić information content (AvgIpc) is 2.53. The minimum absolute atomic E-state index is 0.0809. The van der Waals surface area contributed by atoms with E-state index in [9.17, 15) is 4.79 Å². The van der Waals surface area contributed by atoms with Gasteiger partial charge in [-0.3, -0.25) is 4.79 Å². The van der Waals surface area contributed by atoms with Crippen molar-refractivity contribution in [1.82, 2.24) is 5.32 Å². The molecule has 1 aromatic heterocycles. The van der Waals surface area contributed by atoms with E-state index in [0.717, 1.165) is 6.42 Å². The van der Waals surface area contributed by atoms with Crippen LogP contribution in [0.25, 0.3) is 0 Å². The van der Waals surface area contributed by atoms with E-state index >= 15 is 0 Å². The lowest BCUT2D eigenvalue weighted by atomic mass is 10.1. The summed E-state index contributed by atoms with van der Waals surface area (Å²) in [4.78, 5) is 11.5. The van der Waals surface area contributed by atoms with E-state index in [4.69, 9.17) is 10.2 Å². The van der Waals surface area contributed by atoms with E-state index in [-0.39, 0.29) is 18.0 Å². The molecular weight excluding hydrogens is 180 g/mol. The molecule has 0 aliphatic carbocycles. The standard InChI is InChI=1S/C10H16N2O2/c1-7(11)5-8(2)12-10(13)9-3-4-14-6-9/h3-4,6-8H,5,11H2,1-2H3,(H,12,13). The molecule has 0 bridgehead atoms. The molecule has 0 aromatic carbocycles. The first-order valence-corrected chi connectivity index (χ1v) is 4.68. The molecule has 3 N–H and O–H groups in total. The normalized spacial score (nSPS) is 14.8. The predicted molar refractivity (Wildman–Crippen MR) is 53.9 cm³/mol. The number of nitrogens with two attached hydrogens (primary N) is 1. The van der Waals surface area contributed by atoms with Gasteiger partial charge in [-0.2, -0.15) is 0 Å². The summed E-state index contributed by atoms with van der Waals surface area (Å²) in [6, 6.07) is 1.81. The lowest BCUT2D eigenvalue weighted by Gasteiger charge is -2.15. The second-order valence-electron chi connectivity index (χ2n) is 3.60. The zero-order valence-corrected chi connectivity index (χ0v) is 8.49. The fraction of sp³-hybridized carbons (Fsp3) is 0.500. The fourth-order valence-electron chi connectivity index (χ4n) is 1.32. The molecule has 0 spiro atoms. The van der Waals surface area contributed by atoms with Crippen molar-refractivity contribution >= 4 is 5.91 Å². The number of carbonyl (C=O) groups is 1. The molecule has 0 aliphatic rings. The summed E-state index contributed by atoms with van der Waals surface area (Å²) in [7, 11) is 0. The molecule has 0 radical (unpaired) electrons. The summed E-state index contributed by atoms with van der Waals surface area (Å²) >= 11 is 0. The summed E-state index contributed by atoms with van der Waals surface area (Å²) in [6.07, 6.45) is 3.67. The van der Waals surface area contributed by atoms with E-state index in [0.29, 0.717) is 5.56 Å². The van der Waals surface area contributed by atoms with Crippen molar-refractivity contribution in [2.75, 3.05) is 0 Å². The van der Waals surface area contributed by atoms with Gasteiger partial charge in [-0.05, 0) is 26.3 Å². The van der Waals surface area contributed by atoms with Gasteiger partial charge in [0, 0.05) is 12.1 Å². The molecule has 0 aliphatic heterocycles. The van der Waals surface area contributed by atoms with Gasteiger partial charge in [0.25, 0.3) is 5.91 Å². The Kier molecular flexibility index (Phi) is 3.71. The maximum absolute atomic E-state index is 11.5.